The number of imidazole rings is 1. The van der Waals surface area contributed by atoms with E-state index in [9.17, 15) is 0 Å². The maximum Gasteiger partial charge on any atom is 0.138 e. The lowest BCUT2D eigenvalue weighted by Crippen LogP contribution is -1.88. The highest BCUT2D eigenvalue weighted by Gasteiger charge is 2.08. The highest BCUT2D eigenvalue weighted by molar-refractivity contribution is 6.35. The Kier molecular flexibility index (Phi) is 2.65. The van der Waals surface area contributed by atoms with Crippen LogP contribution in [0.2, 0.25) is 10.0 Å². The van der Waals surface area contributed by atoms with E-state index in [4.69, 9.17) is 28.9 Å². The molecule has 0 unspecified atom stereocenters. The highest BCUT2D eigenvalue weighted by Crippen LogP contribution is 2.28. The molecule has 0 radical (unpaired) electrons. The fraction of sp³-hybridized carbons (Fsp3) is 0. The first-order valence-corrected chi connectivity index (χ1v) is 6.10. The van der Waals surface area contributed by atoms with E-state index in [2.05, 4.69) is 9.97 Å². The Bertz CT molecular complexity index is 734. The smallest absolute Gasteiger partial charge is 0.138 e. The third-order valence-corrected chi connectivity index (χ3v) is 3.38. The van der Waals surface area contributed by atoms with Gasteiger partial charge in [0, 0.05) is 5.56 Å². The van der Waals surface area contributed by atoms with Crippen LogP contribution in [0.4, 0.5) is 5.69 Å². The number of anilines is 1. The first kappa shape index (κ1) is 11.4. The number of nitrogen functional groups attached to an aromatic ring is 1. The lowest BCUT2D eigenvalue weighted by molar-refractivity contribution is 1.34. The second kappa shape index (κ2) is 4.19. The molecule has 0 spiro atoms. The summed E-state index contributed by atoms with van der Waals surface area (Å²) in [6, 6.07) is 11.0. The van der Waals surface area contributed by atoms with E-state index < -0.39 is 0 Å². The summed E-state index contributed by atoms with van der Waals surface area (Å²) < 4.78 is 0. The van der Waals surface area contributed by atoms with Gasteiger partial charge in [-0.15, -0.1) is 0 Å². The number of nitrogens with zero attached hydrogens (tertiary/aromatic N) is 1. The number of nitrogens with two attached hydrogens (primary N) is 1. The average molecular weight is 278 g/mol. The third kappa shape index (κ3) is 1.82. The maximum atomic E-state index is 6.09. The van der Waals surface area contributed by atoms with Crippen molar-refractivity contribution in [2.45, 2.75) is 0 Å². The largest absolute Gasteiger partial charge is 0.398 e. The van der Waals surface area contributed by atoms with Crippen LogP contribution in [0.3, 0.4) is 0 Å². The molecule has 3 nitrogen and oxygen atoms in total. The Labute approximate surface area is 114 Å². The zero-order valence-electron chi connectivity index (χ0n) is 9.24. The van der Waals surface area contributed by atoms with Crippen molar-refractivity contribution in [3.8, 4) is 11.4 Å². The normalized spacial score (nSPS) is 11.0. The zero-order chi connectivity index (χ0) is 12.7. The first-order valence-electron chi connectivity index (χ1n) is 5.35. The summed E-state index contributed by atoms with van der Waals surface area (Å²) >= 11 is 12.0. The van der Waals surface area contributed by atoms with Crippen molar-refractivity contribution in [1.29, 1.82) is 0 Å². The van der Waals surface area contributed by atoms with E-state index >= 15 is 0 Å². The number of hydrogen-bond donors (Lipinski definition) is 2. The predicted molar refractivity (Wildman–Crippen MR) is 76.0 cm³/mol. The van der Waals surface area contributed by atoms with Gasteiger partial charge in [-0.05, 0) is 30.3 Å². The summed E-state index contributed by atoms with van der Waals surface area (Å²) in [6.07, 6.45) is 0. The number of para-hydroxylation sites is 1. The lowest BCUT2D eigenvalue weighted by Gasteiger charge is -2.00. The molecule has 18 heavy (non-hydrogen) atoms. The summed E-state index contributed by atoms with van der Waals surface area (Å²) in [6.45, 7) is 0. The summed E-state index contributed by atoms with van der Waals surface area (Å²) in [5, 5.41) is 1.16. The minimum atomic E-state index is 0.528. The van der Waals surface area contributed by atoms with Crippen molar-refractivity contribution in [2.75, 3.05) is 5.73 Å². The van der Waals surface area contributed by atoms with Crippen LogP contribution in [0.25, 0.3) is 22.4 Å². The van der Waals surface area contributed by atoms with Crippen LogP contribution in [0.15, 0.2) is 36.4 Å². The minimum absolute atomic E-state index is 0.528. The maximum absolute atomic E-state index is 6.09. The summed E-state index contributed by atoms with van der Waals surface area (Å²) in [7, 11) is 0. The molecular weight excluding hydrogens is 269 g/mol. The van der Waals surface area contributed by atoms with Crippen LogP contribution in [0.1, 0.15) is 0 Å². The van der Waals surface area contributed by atoms with E-state index in [-0.39, 0.29) is 0 Å². The summed E-state index contributed by atoms with van der Waals surface area (Å²) in [5.74, 6) is 0.724. The topological polar surface area (TPSA) is 54.7 Å². The van der Waals surface area contributed by atoms with Gasteiger partial charge in [-0.25, -0.2) is 4.98 Å². The molecule has 0 bridgehead atoms. The monoisotopic (exact) mass is 277 g/mol. The minimum Gasteiger partial charge on any atom is -0.398 e. The Morgan fingerprint density at radius 3 is 2.61 bits per heavy atom. The number of halogens is 2. The highest BCUT2D eigenvalue weighted by atomic mass is 35.5. The molecule has 5 heteroatoms. The number of H-pyrrole nitrogens is 1. The van der Waals surface area contributed by atoms with Crippen molar-refractivity contribution in [1.82, 2.24) is 9.97 Å². The Morgan fingerprint density at radius 2 is 1.89 bits per heavy atom. The molecule has 90 valence electrons. The molecule has 0 atom stereocenters. The van der Waals surface area contributed by atoms with Crippen LogP contribution in [-0.4, -0.2) is 9.97 Å². The van der Waals surface area contributed by atoms with Gasteiger partial charge in [0.05, 0.1) is 21.2 Å². The Balaban J connectivity index is 2.19. The number of aromatic amines is 1. The van der Waals surface area contributed by atoms with Crippen molar-refractivity contribution in [3.05, 3.63) is 46.4 Å². The van der Waals surface area contributed by atoms with Crippen LogP contribution >= 0.6 is 23.2 Å². The molecule has 0 saturated carbocycles. The van der Waals surface area contributed by atoms with Crippen molar-refractivity contribution in [3.63, 3.8) is 0 Å². The SMILES string of the molecule is Nc1cc(-c2nc3c(Cl)cccc3[nH]2)ccc1Cl. The average Bonchev–Trinajstić information content (AvgIpc) is 2.78. The lowest BCUT2D eigenvalue weighted by atomic mass is 10.2. The van der Waals surface area contributed by atoms with Gasteiger partial charge >= 0.3 is 0 Å². The van der Waals surface area contributed by atoms with E-state index in [1.807, 2.05) is 24.3 Å². The molecule has 0 amide bonds. The number of aromatic nitrogens is 2. The molecule has 0 fully saturated rings. The molecule has 0 saturated heterocycles. The number of rotatable bonds is 1. The predicted octanol–water partition coefficient (Wildman–Crippen LogP) is 4.12. The van der Waals surface area contributed by atoms with Crippen LogP contribution in [-0.2, 0) is 0 Å². The van der Waals surface area contributed by atoms with Crippen LogP contribution in [0, 0.1) is 0 Å². The van der Waals surface area contributed by atoms with Gasteiger partial charge in [-0.2, -0.15) is 0 Å². The van der Waals surface area contributed by atoms with Crippen LogP contribution in [0.5, 0.6) is 0 Å². The Morgan fingerprint density at radius 1 is 1.06 bits per heavy atom. The Hall–Kier alpha value is -1.71. The molecule has 0 aliphatic carbocycles. The van der Waals surface area contributed by atoms with Gasteiger partial charge in [0.25, 0.3) is 0 Å². The van der Waals surface area contributed by atoms with Gasteiger partial charge in [0.1, 0.15) is 11.3 Å². The van der Waals surface area contributed by atoms with Gasteiger partial charge in [-0.1, -0.05) is 29.3 Å². The molecule has 3 aromatic rings. The molecule has 3 rings (SSSR count). The molecule has 2 aromatic carbocycles. The van der Waals surface area contributed by atoms with E-state index in [1.165, 1.54) is 0 Å². The first-order chi connectivity index (χ1) is 8.65. The van der Waals surface area contributed by atoms with E-state index in [0.717, 1.165) is 22.4 Å². The number of hydrogen-bond acceptors (Lipinski definition) is 2. The summed E-state index contributed by atoms with van der Waals surface area (Å²) in [5.41, 5.74) is 8.84. The molecule has 1 aromatic heterocycles. The standard InChI is InChI=1S/C13H9Cl2N3/c14-8-5-4-7(6-10(8)16)13-17-11-3-1-2-9(15)12(11)18-13/h1-6H,16H2,(H,17,18). The van der Waals surface area contributed by atoms with Gasteiger partial charge in [0.15, 0.2) is 0 Å². The number of fused-ring (bicyclic) bond motifs is 1. The van der Waals surface area contributed by atoms with Crippen molar-refractivity contribution < 1.29 is 0 Å². The third-order valence-electron chi connectivity index (χ3n) is 2.73. The van der Waals surface area contributed by atoms with Crippen LogP contribution < -0.4 is 5.73 Å². The van der Waals surface area contributed by atoms with E-state index in [0.29, 0.717) is 15.7 Å². The fourth-order valence-electron chi connectivity index (χ4n) is 1.82. The van der Waals surface area contributed by atoms with Gasteiger partial charge < -0.3 is 10.7 Å². The number of benzene rings is 2. The molecule has 3 N–H and O–H groups in total. The molecule has 1 heterocycles. The molecule has 0 aliphatic heterocycles. The summed E-state index contributed by atoms with van der Waals surface area (Å²) in [4.78, 5) is 7.67. The second-order valence-corrected chi connectivity index (χ2v) is 4.77. The van der Waals surface area contributed by atoms with Gasteiger partial charge in [0.2, 0.25) is 0 Å². The van der Waals surface area contributed by atoms with Crippen molar-refractivity contribution in [2.24, 2.45) is 0 Å². The molecule has 0 aliphatic rings. The van der Waals surface area contributed by atoms with E-state index in [1.54, 1.807) is 12.1 Å². The van der Waals surface area contributed by atoms with Gasteiger partial charge in [-0.3, -0.25) is 0 Å². The molecular formula is C13H9Cl2N3. The fourth-order valence-corrected chi connectivity index (χ4v) is 2.16. The zero-order valence-corrected chi connectivity index (χ0v) is 10.8. The second-order valence-electron chi connectivity index (χ2n) is 3.96. The number of nitrogens with one attached hydrogen (secondary N) is 1. The quantitative estimate of drug-likeness (QED) is 0.658. The van der Waals surface area contributed by atoms with Crippen molar-refractivity contribution >= 4 is 39.9 Å².